The number of nitrogens with one attached hydrogen (secondary N) is 2. The maximum Gasteiger partial charge on any atom is 0.191 e. The minimum atomic E-state index is 0. The normalized spacial score (nSPS) is 18.4. The molecule has 0 aliphatic carbocycles. The van der Waals surface area contributed by atoms with Crippen LogP contribution < -0.4 is 10.6 Å². The van der Waals surface area contributed by atoms with Gasteiger partial charge in [0.2, 0.25) is 0 Å². The third kappa shape index (κ3) is 8.24. The lowest BCUT2D eigenvalue weighted by atomic mass is 9.99. The van der Waals surface area contributed by atoms with Crippen molar-refractivity contribution >= 4 is 29.9 Å². The van der Waals surface area contributed by atoms with Gasteiger partial charge in [-0.15, -0.1) is 24.0 Å². The third-order valence-electron chi connectivity index (χ3n) is 4.98. The van der Waals surface area contributed by atoms with E-state index in [4.69, 9.17) is 9.26 Å². The van der Waals surface area contributed by atoms with Gasteiger partial charge in [-0.05, 0) is 18.8 Å². The van der Waals surface area contributed by atoms with E-state index in [0.717, 1.165) is 63.0 Å². The van der Waals surface area contributed by atoms with Crippen molar-refractivity contribution in [3.63, 3.8) is 0 Å². The zero-order valence-electron chi connectivity index (χ0n) is 18.0. The van der Waals surface area contributed by atoms with E-state index in [1.807, 2.05) is 6.07 Å². The largest absolute Gasteiger partial charge is 0.374 e. The van der Waals surface area contributed by atoms with Crippen LogP contribution in [0.2, 0.25) is 0 Å². The summed E-state index contributed by atoms with van der Waals surface area (Å²) in [7, 11) is 1.78. The fourth-order valence-electron chi connectivity index (χ4n) is 3.50. The monoisotopic (exact) mass is 507 g/mol. The van der Waals surface area contributed by atoms with Gasteiger partial charge in [-0.1, -0.05) is 32.9 Å². The number of hydrogen-bond donors (Lipinski definition) is 2. The van der Waals surface area contributed by atoms with E-state index in [1.165, 1.54) is 0 Å². The molecule has 0 aromatic carbocycles. The lowest BCUT2D eigenvalue weighted by Crippen LogP contribution is -2.50. The summed E-state index contributed by atoms with van der Waals surface area (Å²) >= 11 is 0. The molecule has 7 nitrogen and oxygen atoms in total. The number of ether oxygens (including phenoxy) is 1. The Hall–Kier alpha value is -0.870. The number of morpholine rings is 1. The zero-order chi connectivity index (χ0) is 19.6. The van der Waals surface area contributed by atoms with E-state index in [-0.39, 0.29) is 30.1 Å². The van der Waals surface area contributed by atoms with Crippen molar-refractivity contribution in [2.75, 3.05) is 39.8 Å². The van der Waals surface area contributed by atoms with Crippen LogP contribution in [0.5, 0.6) is 0 Å². The lowest BCUT2D eigenvalue weighted by Gasteiger charge is -2.34. The smallest absolute Gasteiger partial charge is 0.191 e. The Morgan fingerprint density at radius 2 is 2.07 bits per heavy atom. The molecule has 2 N–H and O–H groups in total. The molecule has 1 atom stereocenters. The number of guanidine groups is 1. The summed E-state index contributed by atoms with van der Waals surface area (Å²) in [6.07, 6.45) is 2.34. The third-order valence-corrected chi connectivity index (χ3v) is 4.98. The van der Waals surface area contributed by atoms with Crippen LogP contribution in [0, 0.1) is 5.92 Å². The summed E-state index contributed by atoms with van der Waals surface area (Å²) in [5, 5.41) is 10.9. The molecule has 0 bridgehead atoms. The molecule has 8 heteroatoms. The summed E-state index contributed by atoms with van der Waals surface area (Å²) in [5.74, 6) is 2.73. The Labute approximate surface area is 187 Å². The molecule has 1 fully saturated rings. The molecule has 2 rings (SSSR count). The number of aliphatic imine (C=N–C) groups is 1. The van der Waals surface area contributed by atoms with Crippen molar-refractivity contribution in [2.45, 2.75) is 59.1 Å². The van der Waals surface area contributed by atoms with Crippen LogP contribution in [0.25, 0.3) is 0 Å². The quantitative estimate of drug-likeness (QED) is 0.304. The average molecular weight is 507 g/mol. The molecule has 0 saturated carbocycles. The minimum Gasteiger partial charge on any atom is -0.374 e. The van der Waals surface area contributed by atoms with Crippen molar-refractivity contribution < 1.29 is 9.26 Å². The predicted molar refractivity (Wildman–Crippen MR) is 124 cm³/mol. The highest BCUT2D eigenvalue weighted by atomic mass is 127. The first-order valence-electron chi connectivity index (χ1n) is 10.3. The van der Waals surface area contributed by atoms with Gasteiger partial charge < -0.3 is 19.9 Å². The van der Waals surface area contributed by atoms with Gasteiger partial charge in [0.15, 0.2) is 11.7 Å². The van der Waals surface area contributed by atoms with Crippen LogP contribution in [-0.4, -0.2) is 62.0 Å². The van der Waals surface area contributed by atoms with Crippen molar-refractivity contribution in [1.82, 2.24) is 20.7 Å². The Morgan fingerprint density at radius 1 is 1.32 bits per heavy atom. The molecule has 1 aromatic heterocycles. The second-order valence-electron chi connectivity index (χ2n) is 7.68. The SMILES string of the molecule is CCC(CC)c1cc(CNC(=NC)NCC2CN(CC(C)C)CCO2)on1.I. The van der Waals surface area contributed by atoms with E-state index >= 15 is 0 Å². The number of hydrogen-bond acceptors (Lipinski definition) is 5. The van der Waals surface area contributed by atoms with Gasteiger partial charge in [-0.25, -0.2) is 0 Å². The molecule has 0 radical (unpaired) electrons. The van der Waals surface area contributed by atoms with E-state index in [2.05, 4.69) is 53.4 Å². The van der Waals surface area contributed by atoms with Crippen LogP contribution in [0.1, 0.15) is 57.9 Å². The second kappa shape index (κ2) is 13.4. The molecule has 1 aromatic rings. The highest BCUT2D eigenvalue weighted by Gasteiger charge is 2.21. The van der Waals surface area contributed by atoms with E-state index in [9.17, 15) is 0 Å². The van der Waals surface area contributed by atoms with Crippen molar-refractivity contribution in [3.8, 4) is 0 Å². The van der Waals surface area contributed by atoms with Gasteiger partial charge in [0, 0.05) is 45.2 Å². The summed E-state index contributed by atoms with van der Waals surface area (Å²) in [6, 6.07) is 2.05. The molecule has 28 heavy (non-hydrogen) atoms. The number of aromatic nitrogens is 1. The summed E-state index contributed by atoms with van der Waals surface area (Å²) in [4.78, 5) is 6.77. The maximum atomic E-state index is 5.89. The van der Waals surface area contributed by atoms with Gasteiger partial charge in [0.1, 0.15) is 0 Å². The highest BCUT2D eigenvalue weighted by Crippen LogP contribution is 2.22. The molecule has 1 unspecified atom stereocenters. The molecule has 0 spiro atoms. The standard InChI is InChI=1S/C20H37N5O2.HI/c1-6-16(7-2)19-10-17(27-24-19)11-22-20(21-5)23-12-18-14-25(8-9-26-18)13-15(3)4;/h10,15-16,18H,6-9,11-14H2,1-5H3,(H2,21,22,23);1H. The van der Waals surface area contributed by atoms with Crippen LogP contribution in [0.3, 0.4) is 0 Å². The van der Waals surface area contributed by atoms with Gasteiger partial charge >= 0.3 is 0 Å². The average Bonchev–Trinajstić information content (AvgIpc) is 3.11. The first kappa shape index (κ1) is 25.2. The predicted octanol–water partition coefficient (Wildman–Crippen LogP) is 3.22. The van der Waals surface area contributed by atoms with Gasteiger partial charge in [-0.2, -0.15) is 0 Å². The van der Waals surface area contributed by atoms with Crippen molar-refractivity contribution in [2.24, 2.45) is 10.9 Å². The Morgan fingerprint density at radius 3 is 2.71 bits per heavy atom. The first-order valence-corrected chi connectivity index (χ1v) is 10.3. The lowest BCUT2D eigenvalue weighted by molar-refractivity contribution is -0.0284. The molecule has 1 aliphatic heterocycles. The molecular weight excluding hydrogens is 469 g/mol. The maximum absolute atomic E-state index is 5.89. The van der Waals surface area contributed by atoms with E-state index < -0.39 is 0 Å². The highest BCUT2D eigenvalue weighted by molar-refractivity contribution is 14.0. The fourth-order valence-corrected chi connectivity index (χ4v) is 3.50. The Kier molecular flexibility index (Phi) is 12.0. The Balaban J connectivity index is 0.00000392. The van der Waals surface area contributed by atoms with Crippen LogP contribution in [-0.2, 0) is 11.3 Å². The number of halogens is 1. The van der Waals surface area contributed by atoms with Crippen molar-refractivity contribution in [1.29, 1.82) is 0 Å². The first-order chi connectivity index (χ1) is 13.0. The number of nitrogens with zero attached hydrogens (tertiary/aromatic N) is 3. The molecule has 162 valence electrons. The van der Waals surface area contributed by atoms with E-state index in [1.54, 1.807) is 7.05 Å². The van der Waals surface area contributed by atoms with Crippen LogP contribution >= 0.6 is 24.0 Å². The summed E-state index contributed by atoms with van der Waals surface area (Å²) < 4.78 is 11.3. The van der Waals surface area contributed by atoms with Crippen LogP contribution in [0.15, 0.2) is 15.6 Å². The Bertz CT molecular complexity index is 575. The molecule has 1 aliphatic rings. The van der Waals surface area contributed by atoms with Crippen LogP contribution in [0.4, 0.5) is 0 Å². The summed E-state index contributed by atoms with van der Waals surface area (Å²) in [5.41, 5.74) is 1.04. The zero-order valence-corrected chi connectivity index (χ0v) is 20.4. The van der Waals surface area contributed by atoms with E-state index in [0.29, 0.717) is 18.4 Å². The fraction of sp³-hybridized carbons (Fsp3) is 0.800. The van der Waals surface area contributed by atoms with Crippen molar-refractivity contribution in [3.05, 3.63) is 17.5 Å². The molecular formula is C20H38IN5O2. The minimum absolute atomic E-state index is 0. The molecule has 0 amide bonds. The van der Waals surface area contributed by atoms with Gasteiger partial charge in [0.05, 0.1) is 24.9 Å². The van der Waals surface area contributed by atoms with Gasteiger partial charge in [0.25, 0.3) is 0 Å². The van der Waals surface area contributed by atoms with Gasteiger partial charge in [-0.3, -0.25) is 9.89 Å². The summed E-state index contributed by atoms with van der Waals surface area (Å²) in [6.45, 7) is 14.1. The molecule has 2 heterocycles. The second-order valence-corrected chi connectivity index (χ2v) is 7.68. The molecule has 1 saturated heterocycles. The number of rotatable bonds is 9. The topological polar surface area (TPSA) is 74.9 Å².